The molecule has 1 heterocycles. The molecule has 1 fully saturated rings. The van der Waals surface area contributed by atoms with Crippen molar-refractivity contribution in [2.75, 3.05) is 13.2 Å². The number of nitrogens with one attached hydrogen (secondary N) is 1. The van der Waals surface area contributed by atoms with Gasteiger partial charge in [-0.2, -0.15) is 0 Å². The molecule has 1 saturated heterocycles. The van der Waals surface area contributed by atoms with E-state index in [-0.39, 0.29) is 24.4 Å². The number of cyclic esters (lactones) is 1. The Kier molecular flexibility index (Phi) is 3.60. The molecule has 0 saturated carbocycles. The normalized spacial score (nSPS) is 17.5. The Labute approximate surface area is 107 Å². The summed E-state index contributed by atoms with van der Waals surface area (Å²) >= 11 is 0. The first-order chi connectivity index (χ1) is 9.06. The molecular weight excluding hydrogens is 256 g/mol. The van der Waals surface area contributed by atoms with Gasteiger partial charge in [-0.25, -0.2) is 9.59 Å². The Morgan fingerprint density at radius 3 is 2.68 bits per heavy atom. The number of non-ortho nitro benzene ring substituents is 1. The van der Waals surface area contributed by atoms with Gasteiger partial charge >= 0.3 is 12.1 Å². The molecule has 2 rings (SSSR count). The van der Waals surface area contributed by atoms with E-state index >= 15 is 0 Å². The van der Waals surface area contributed by atoms with Gasteiger partial charge in [-0.1, -0.05) is 0 Å². The number of alkyl carbamates (subject to hydrolysis) is 1. The molecule has 1 unspecified atom stereocenters. The second-order valence-electron chi connectivity index (χ2n) is 3.81. The highest BCUT2D eigenvalue weighted by molar-refractivity contribution is 5.89. The number of nitrogens with zero attached hydrogens (tertiary/aromatic N) is 1. The topological polar surface area (TPSA) is 108 Å². The van der Waals surface area contributed by atoms with Crippen molar-refractivity contribution in [1.29, 1.82) is 0 Å². The largest absolute Gasteiger partial charge is 0.458 e. The van der Waals surface area contributed by atoms with Crippen molar-refractivity contribution in [3.05, 3.63) is 39.9 Å². The van der Waals surface area contributed by atoms with Gasteiger partial charge in [0, 0.05) is 12.1 Å². The fraction of sp³-hybridized carbons (Fsp3) is 0.273. The first-order valence-electron chi connectivity index (χ1n) is 5.42. The lowest BCUT2D eigenvalue weighted by molar-refractivity contribution is -0.384. The van der Waals surface area contributed by atoms with Gasteiger partial charge in [-0.3, -0.25) is 10.1 Å². The van der Waals surface area contributed by atoms with E-state index in [1.54, 1.807) is 0 Å². The van der Waals surface area contributed by atoms with Gasteiger partial charge in [0.1, 0.15) is 6.61 Å². The first kappa shape index (κ1) is 12.8. The van der Waals surface area contributed by atoms with Gasteiger partial charge < -0.3 is 14.8 Å². The molecule has 0 spiro atoms. The van der Waals surface area contributed by atoms with Gasteiger partial charge in [0.25, 0.3) is 5.69 Å². The summed E-state index contributed by atoms with van der Waals surface area (Å²) in [5.41, 5.74) is 0.0911. The second kappa shape index (κ2) is 5.34. The molecule has 8 nitrogen and oxygen atoms in total. The lowest BCUT2D eigenvalue weighted by Crippen LogP contribution is -2.22. The number of carbonyl (C=O) groups excluding carboxylic acids is 2. The van der Waals surface area contributed by atoms with Crippen LogP contribution < -0.4 is 5.32 Å². The van der Waals surface area contributed by atoms with Crippen molar-refractivity contribution in [3.8, 4) is 0 Å². The zero-order chi connectivity index (χ0) is 13.8. The van der Waals surface area contributed by atoms with Gasteiger partial charge in [0.15, 0.2) is 6.10 Å². The monoisotopic (exact) mass is 266 g/mol. The minimum atomic E-state index is -0.627. The van der Waals surface area contributed by atoms with Crippen LogP contribution in [0.5, 0.6) is 0 Å². The smallest absolute Gasteiger partial charge is 0.407 e. The van der Waals surface area contributed by atoms with Crippen molar-refractivity contribution in [1.82, 2.24) is 5.32 Å². The van der Waals surface area contributed by atoms with E-state index in [1.165, 1.54) is 24.3 Å². The van der Waals surface area contributed by atoms with E-state index in [1.807, 2.05) is 0 Å². The maximum atomic E-state index is 11.6. The number of hydrogen-bond acceptors (Lipinski definition) is 6. The van der Waals surface area contributed by atoms with Crippen LogP contribution in [-0.4, -0.2) is 36.2 Å². The summed E-state index contributed by atoms with van der Waals surface area (Å²) in [6.07, 6.45) is -1.05. The maximum absolute atomic E-state index is 11.6. The van der Waals surface area contributed by atoms with Crippen molar-refractivity contribution in [3.63, 3.8) is 0 Å². The summed E-state index contributed by atoms with van der Waals surface area (Å²) in [4.78, 5) is 32.2. The van der Waals surface area contributed by atoms with Crippen molar-refractivity contribution >= 4 is 17.7 Å². The molecule has 1 aromatic carbocycles. The van der Waals surface area contributed by atoms with Crippen LogP contribution in [0.25, 0.3) is 0 Å². The van der Waals surface area contributed by atoms with E-state index in [9.17, 15) is 19.7 Å². The van der Waals surface area contributed by atoms with Crippen LogP contribution in [0.2, 0.25) is 0 Å². The number of nitro groups is 1. The van der Waals surface area contributed by atoms with Crippen molar-refractivity contribution in [2.45, 2.75) is 6.10 Å². The molecule has 1 N–H and O–H groups in total. The average Bonchev–Trinajstić information content (AvgIpc) is 2.82. The van der Waals surface area contributed by atoms with E-state index in [4.69, 9.17) is 9.47 Å². The molecular formula is C11H10N2O6. The molecule has 1 aromatic rings. The van der Waals surface area contributed by atoms with Crippen LogP contribution in [0.4, 0.5) is 10.5 Å². The van der Waals surface area contributed by atoms with Crippen LogP contribution in [-0.2, 0) is 9.47 Å². The van der Waals surface area contributed by atoms with Crippen LogP contribution in [0.15, 0.2) is 24.3 Å². The summed E-state index contributed by atoms with van der Waals surface area (Å²) in [7, 11) is 0. The predicted molar refractivity (Wildman–Crippen MR) is 61.7 cm³/mol. The zero-order valence-corrected chi connectivity index (χ0v) is 9.70. The van der Waals surface area contributed by atoms with E-state index in [0.29, 0.717) is 0 Å². The van der Waals surface area contributed by atoms with Crippen LogP contribution >= 0.6 is 0 Å². The van der Waals surface area contributed by atoms with Gasteiger partial charge in [-0.15, -0.1) is 0 Å². The molecule has 1 aliphatic heterocycles. The Bertz CT molecular complexity index is 512. The molecule has 0 radical (unpaired) electrons. The molecule has 1 amide bonds. The van der Waals surface area contributed by atoms with Gasteiger partial charge in [0.2, 0.25) is 0 Å². The molecule has 0 aromatic heterocycles. The van der Waals surface area contributed by atoms with Crippen molar-refractivity contribution < 1.29 is 24.0 Å². The highest BCUT2D eigenvalue weighted by atomic mass is 16.6. The molecule has 0 bridgehead atoms. The summed E-state index contributed by atoms with van der Waals surface area (Å²) in [5, 5.41) is 12.9. The summed E-state index contributed by atoms with van der Waals surface area (Å²) in [6.45, 7) is 0.223. The van der Waals surface area contributed by atoms with Gasteiger partial charge in [-0.05, 0) is 12.1 Å². The number of amides is 1. The Morgan fingerprint density at radius 2 is 2.16 bits per heavy atom. The number of esters is 1. The van der Waals surface area contributed by atoms with Gasteiger partial charge in [0.05, 0.1) is 17.0 Å². The zero-order valence-electron chi connectivity index (χ0n) is 9.70. The number of hydrogen-bond donors (Lipinski definition) is 1. The predicted octanol–water partition coefficient (Wildman–Crippen LogP) is 0.860. The SMILES string of the molecule is O=C1NCC(COC(=O)c2ccc([N+](=O)[O-])cc2)O1. The minimum Gasteiger partial charge on any atom is -0.458 e. The number of carbonyl (C=O) groups is 2. The third-order valence-electron chi connectivity index (χ3n) is 2.46. The standard InChI is InChI=1S/C11H10N2O6/c14-10(18-6-9-5-12-11(15)19-9)7-1-3-8(4-2-7)13(16)17/h1-4,9H,5-6H2,(H,12,15). The Morgan fingerprint density at radius 1 is 1.47 bits per heavy atom. The van der Waals surface area contributed by atoms with E-state index < -0.39 is 23.1 Å². The first-order valence-corrected chi connectivity index (χ1v) is 5.42. The Hall–Kier alpha value is -2.64. The molecule has 19 heavy (non-hydrogen) atoms. The molecule has 1 atom stereocenters. The quantitative estimate of drug-likeness (QED) is 0.492. The summed E-state index contributed by atoms with van der Waals surface area (Å²) in [5.74, 6) is -0.627. The van der Waals surface area contributed by atoms with E-state index in [2.05, 4.69) is 5.32 Å². The average molecular weight is 266 g/mol. The fourth-order valence-corrected chi connectivity index (χ4v) is 1.50. The molecule has 100 valence electrons. The van der Waals surface area contributed by atoms with Crippen LogP contribution in [0, 0.1) is 10.1 Å². The number of ether oxygens (including phenoxy) is 2. The highest BCUT2D eigenvalue weighted by Crippen LogP contribution is 2.13. The maximum Gasteiger partial charge on any atom is 0.407 e. The van der Waals surface area contributed by atoms with E-state index in [0.717, 1.165) is 0 Å². The molecule has 8 heteroatoms. The molecule has 1 aliphatic rings. The summed E-state index contributed by atoms with van der Waals surface area (Å²) < 4.78 is 9.72. The lowest BCUT2D eigenvalue weighted by atomic mass is 10.2. The number of nitro benzene ring substituents is 1. The van der Waals surface area contributed by atoms with Crippen molar-refractivity contribution in [2.24, 2.45) is 0 Å². The Balaban J connectivity index is 1.89. The highest BCUT2D eigenvalue weighted by Gasteiger charge is 2.24. The second-order valence-corrected chi connectivity index (χ2v) is 3.81. The third-order valence-corrected chi connectivity index (χ3v) is 2.46. The summed E-state index contributed by atoms with van der Waals surface area (Å²) in [6, 6.07) is 5.04. The fourth-order valence-electron chi connectivity index (χ4n) is 1.50. The lowest BCUT2D eigenvalue weighted by Gasteiger charge is -2.08. The molecule has 0 aliphatic carbocycles. The number of rotatable bonds is 4. The van der Waals surface area contributed by atoms with Crippen LogP contribution in [0.1, 0.15) is 10.4 Å². The number of benzene rings is 1. The third kappa shape index (κ3) is 3.18. The minimum absolute atomic E-state index is 0.0610. The van der Waals surface area contributed by atoms with Crippen LogP contribution in [0.3, 0.4) is 0 Å².